The van der Waals surface area contributed by atoms with Gasteiger partial charge >= 0.3 is 5.97 Å². The molecule has 0 aliphatic rings. The SMILES string of the molecule is O=C(O)c1ccccc1O.[W]. The van der Waals surface area contributed by atoms with Crippen LogP contribution in [0.2, 0.25) is 0 Å². The van der Waals surface area contributed by atoms with Crippen LogP contribution in [0.25, 0.3) is 0 Å². The number of carbonyl (C=O) groups is 1. The third-order valence-corrected chi connectivity index (χ3v) is 1.13. The molecule has 1 rings (SSSR count). The second kappa shape index (κ2) is 4.14. The second-order valence-electron chi connectivity index (χ2n) is 1.82. The van der Waals surface area contributed by atoms with Crippen molar-refractivity contribution in [1.82, 2.24) is 0 Å². The molecule has 1 aromatic rings. The molecule has 0 atom stereocenters. The first-order valence-electron chi connectivity index (χ1n) is 2.73. The molecule has 11 heavy (non-hydrogen) atoms. The van der Waals surface area contributed by atoms with Crippen LogP contribution >= 0.6 is 0 Å². The summed E-state index contributed by atoms with van der Waals surface area (Å²) in [6.07, 6.45) is 0. The van der Waals surface area contributed by atoms with Gasteiger partial charge in [0.25, 0.3) is 0 Å². The number of hydrogen-bond acceptors (Lipinski definition) is 2. The van der Waals surface area contributed by atoms with E-state index < -0.39 is 5.97 Å². The molecule has 0 aromatic heterocycles. The van der Waals surface area contributed by atoms with Crippen molar-refractivity contribution in [1.29, 1.82) is 0 Å². The number of para-hydroxylation sites is 1. The molecule has 0 aliphatic carbocycles. The van der Waals surface area contributed by atoms with Gasteiger partial charge in [0, 0.05) is 21.1 Å². The second-order valence-corrected chi connectivity index (χ2v) is 1.82. The van der Waals surface area contributed by atoms with Gasteiger partial charge in [0.2, 0.25) is 0 Å². The van der Waals surface area contributed by atoms with Crippen molar-refractivity contribution in [2.24, 2.45) is 0 Å². The molecule has 0 aliphatic heterocycles. The topological polar surface area (TPSA) is 57.5 Å². The van der Waals surface area contributed by atoms with Crippen LogP contribution in [0.15, 0.2) is 24.3 Å². The van der Waals surface area contributed by atoms with Gasteiger partial charge in [-0.05, 0) is 12.1 Å². The summed E-state index contributed by atoms with van der Waals surface area (Å²) in [7, 11) is 0. The zero-order valence-electron chi connectivity index (χ0n) is 5.52. The Labute approximate surface area is 77.9 Å². The maximum Gasteiger partial charge on any atom is 0.339 e. The van der Waals surface area contributed by atoms with Crippen molar-refractivity contribution in [2.75, 3.05) is 0 Å². The van der Waals surface area contributed by atoms with Crippen LogP contribution in [0.1, 0.15) is 10.4 Å². The molecule has 4 heteroatoms. The van der Waals surface area contributed by atoms with Crippen LogP contribution in [0.5, 0.6) is 5.75 Å². The summed E-state index contributed by atoms with van der Waals surface area (Å²) in [5, 5.41) is 17.3. The molecule has 3 nitrogen and oxygen atoms in total. The van der Waals surface area contributed by atoms with E-state index in [0.29, 0.717) is 0 Å². The Kier molecular flexibility index (Phi) is 3.83. The third kappa shape index (κ3) is 2.35. The Bertz CT molecular complexity index is 260. The third-order valence-electron chi connectivity index (χ3n) is 1.13. The molecule has 0 amide bonds. The number of rotatable bonds is 1. The van der Waals surface area contributed by atoms with Gasteiger partial charge in [0.15, 0.2) is 0 Å². The van der Waals surface area contributed by atoms with E-state index in [1.165, 1.54) is 12.1 Å². The molecule has 0 saturated heterocycles. The summed E-state index contributed by atoms with van der Waals surface area (Å²) in [4.78, 5) is 10.3. The molecule has 2 N–H and O–H groups in total. The van der Waals surface area contributed by atoms with Crippen LogP contribution in [0.3, 0.4) is 0 Å². The van der Waals surface area contributed by atoms with Gasteiger partial charge in [-0.1, -0.05) is 12.1 Å². The van der Waals surface area contributed by atoms with Crippen molar-refractivity contribution in [3.63, 3.8) is 0 Å². The summed E-state index contributed by atoms with van der Waals surface area (Å²) in [6.45, 7) is 0. The Morgan fingerprint density at radius 1 is 1.27 bits per heavy atom. The van der Waals surface area contributed by atoms with Gasteiger partial charge in [0.1, 0.15) is 11.3 Å². The molecular formula is C7H6O3W. The van der Waals surface area contributed by atoms with Crippen molar-refractivity contribution < 1.29 is 36.1 Å². The number of phenols is 1. The van der Waals surface area contributed by atoms with E-state index in [9.17, 15) is 4.79 Å². The minimum absolute atomic E-state index is 0. The zero-order valence-corrected chi connectivity index (χ0v) is 8.45. The number of aromatic hydroxyl groups is 1. The first-order chi connectivity index (χ1) is 4.72. The van der Waals surface area contributed by atoms with E-state index in [4.69, 9.17) is 10.2 Å². The van der Waals surface area contributed by atoms with Crippen LogP contribution in [-0.4, -0.2) is 16.2 Å². The van der Waals surface area contributed by atoms with Crippen molar-refractivity contribution in [2.45, 2.75) is 0 Å². The van der Waals surface area contributed by atoms with Crippen molar-refractivity contribution in [3.8, 4) is 5.75 Å². The standard InChI is InChI=1S/C7H6O3.W/c8-6-4-2-1-3-5(6)7(9)10;/h1-4,8H,(H,9,10);. The van der Waals surface area contributed by atoms with E-state index in [0.717, 1.165) is 0 Å². The van der Waals surface area contributed by atoms with Gasteiger partial charge in [-0.3, -0.25) is 0 Å². The van der Waals surface area contributed by atoms with Gasteiger partial charge in [-0.15, -0.1) is 0 Å². The van der Waals surface area contributed by atoms with Gasteiger partial charge in [0.05, 0.1) is 0 Å². The predicted octanol–water partition coefficient (Wildman–Crippen LogP) is 1.09. The summed E-state index contributed by atoms with van der Waals surface area (Å²) >= 11 is 0. The van der Waals surface area contributed by atoms with Crippen LogP contribution in [0.4, 0.5) is 0 Å². The van der Waals surface area contributed by atoms with Crippen LogP contribution in [0, 0.1) is 0 Å². The number of aromatic carboxylic acids is 1. The van der Waals surface area contributed by atoms with Gasteiger partial charge in [-0.2, -0.15) is 0 Å². The molecular weight excluding hydrogens is 316 g/mol. The van der Waals surface area contributed by atoms with Crippen molar-refractivity contribution >= 4 is 5.97 Å². The minimum atomic E-state index is -1.11. The minimum Gasteiger partial charge on any atom is -0.507 e. The Hall–Kier alpha value is -0.822. The van der Waals surface area contributed by atoms with Crippen molar-refractivity contribution in [3.05, 3.63) is 29.8 Å². The fraction of sp³-hybridized carbons (Fsp3) is 0. The molecule has 0 spiro atoms. The summed E-state index contributed by atoms with van der Waals surface area (Å²) in [5.74, 6) is -1.31. The zero-order chi connectivity index (χ0) is 7.56. The summed E-state index contributed by atoms with van der Waals surface area (Å²) in [5.41, 5.74) is -0.0671. The van der Waals surface area contributed by atoms with Crippen LogP contribution in [-0.2, 0) is 21.1 Å². The molecule has 0 bridgehead atoms. The first-order valence-corrected chi connectivity index (χ1v) is 2.73. The van der Waals surface area contributed by atoms with Crippen LogP contribution < -0.4 is 0 Å². The number of carboxylic acids is 1. The normalized spacial score (nSPS) is 8.36. The molecule has 0 saturated carbocycles. The molecule has 0 unspecified atom stereocenters. The molecule has 1 aromatic carbocycles. The Morgan fingerprint density at radius 3 is 2.18 bits per heavy atom. The average Bonchev–Trinajstić information content (AvgIpc) is 1.88. The first kappa shape index (κ1) is 10.2. The Morgan fingerprint density at radius 2 is 1.82 bits per heavy atom. The molecule has 0 radical (unpaired) electrons. The molecule has 0 fully saturated rings. The fourth-order valence-corrected chi connectivity index (χ4v) is 0.654. The quantitative estimate of drug-likeness (QED) is 0.814. The number of benzene rings is 1. The summed E-state index contributed by atoms with van der Waals surface area (Å²) in [6, 6.07) is 5.81. The molecule has 0 heterocycles. The average molecular weight is 322 g/mol. The fourth-order valence-electron chi connectivity index (χ4n) is 0.654. The number of hydrogen-bond donors (Lipinski definition) is 2. The monoisotopic (exact) mass is 322 g/mol. The van der Waals surface area contributed by atoms with E-state index in [2.05, 4.69) is 0 Å². The Balaban J connectivity index is 0.000001000. The van der Waals surface area contributed by atoms with E-state index in [-0.39, 0.29) is 32.4 Å². The maximum absolute atomic E-state index is 10.3. The van der Waals surface area contributed by atoms with Gasteiger partial charge in [-0.25, -0.2) is 4.79 Å². The van der Waals surface area contributed by atoms with Gasteiger partial charge < -0.3 is 10.2 Å². The predicted molar refractivity (Wildman–Crippen MR) is 35.1 cm³/mol. The number of carboxylic acid groups (broad SMARTS) is 1. The maximum atomic E-state index is 10.3. The molecule has 58 valence electrons. The van der Waals surface area contributed by atoms with E-state index in [1.807, 2.05) is 0 Å². The largest absolute Gasteiger partial charge is 0.507 e. The summed E-state index contributed by atoms with van der Waals surface area (Å²) < 4.78 is 0. The van der Waals surface area contributed by atoms with E-state index >= 15 is 0 Å². The van der Waals surface area contributed by atoms with E-state index in [1.54, 1.807) is 12.1 Å². The smallest absolute Gasteiger partial charge is 0.339 e.